The second-order valence-electron chi connectivity index (χ2n) is 7.50. The number of para-hydroxylation sites is 1. The Morgan fingerprint density at radius 3 is 2.37 bits per heavy atom. The summed E-state index contributed by atoms with van der Waals surface area (Å²) in [5.74, 6) is 0. The van der Waals surface area contributed by atoms with Crippen LogP contribution in [-0.2, 0) is 6.42 Å². The van der Waals surface area contributed by atoms with Crippen LogP contribution >= 0.6 is 0 Å². The van der Waals surface area contributed by atoms with E-state index in [-0.39, 0.29) is 0 Å². The summed E-state index contributed by atoms with van der Waals surface area (Å²) < 4.78 is 0. The molecule has 0 bridgehead atoms. The van der Waals surface area contributed by atoms with Crippen LogP contribution in [0.5, 0.6) is 0 Å². The van der Waals surface area contributed by atoms with E-state index in [4.69, 9.17) is 5.73 Å². The van der Waals surface area contributed by atoms with Crippen LogP contribution in [-0.4, -0.2) is 62.2 Å². The largest absolute Gasteiger partial charge is 0.399 e. The van der Waals surface area contributed by atoms with Crippen molar-refractivity contribution in [2.24, 2.45) is 0 Å². The van der Waals surface area contributed by atoms with Crippen molar-refractivity contribution >= 4 is 11.4 Å². The van der Waals surface area contributed by atoms with Gasteiger partial charge in [-0.3, -0.25) is 4.90 Å². The molecule has 146 valence electrons. The number of nitrogens with zero attached hydrogens (tertiary/aromatic N) is 3. The molecule has 4 heteroatoms. The molecule has 1 heterocycles. The fourth-order valence-electron chi connectivity index (χ4n) is 3.84. The van der Waals surface area contributed by atoms with Gasteiger partial charge in [0.05, 0.1) is 0 Å². The van der Waals surface area contributed by atoms with E-state index in [2.05, 4.69) is 70.2 Å². The molecule has 0 atom stereocenters. The molecular weight excluding hydrogens is 332 g/mol. The fourth-order valence-corrected chi connectivity index (χ4v) is 3.84. The van der Waals surface area contributed by atoms with Gasteiger partial charge in [0, 0.05) is 57.2 Å². The second-order valence-corrected chi connectivity index (χ2v) is 7.50. The van der Waals surface area contributed by atoms with E-state index in [0.717, 1.165) is 51.4 Å². The van der Waals surface area contributed by atoms with Gasteiger partial charge in [-0.2, -0.15) is 0 Å². The lowest BCUT2D eigenvalue weighted by atomic mass is 10.1. The molecule has 1 aliphatic rings. The SMILES string of the molecule is CCCN(CCc1cccc(N)c1)CCN1CCN(c2ccccc2)CC1. The lowest BCUT2D eigenvalue weighted by Crippen LogP contribution is -2.48. The van der Waals surface area contributed by atoms with Crippen LogP contribution in [0.15, 0.2) is 54.6 Å². The van der Waals surface area contributed by atoms with Crippen LogP contribution < -0.4 is 10.6 Å². The lowest BCUT2D eigenvalue weighted by molar-refractivity contribution is 0.197. The molecule has 0 amide bonds. The summed E-state index contributed by atoms with van der Waals surface area (Å²) in [5, 5.41) is 0. The molecule has 0 unspecified atom stereocenters. The summed E-state index contributed by atoms with van der Waals surface area (Å²) in [6, 6.07) is 19.1. The number of benzene rings is 2. The maximum absolute atomic E-state index is 5.91. The van der Waals surface area contributed by atoms with Crippen molar-refractivity contribution in [3.63, 3.8) is 0 Å². The van der Waals surface area contributed by atoms with Crippen LogP contribution in [0.4, 0.5) is 11.4 Å². The molecule has 2 N–H and O–H groups in total. The molecule has 3 rings (SSSR count). The second kappa shape index (κ2) is 10.3. The smallest absolute Gasteiger partial charge is 0.0367 e. The highest BCUT2D eigenvalue weighted by atomic mass is 15.3. The average molecular weight is 367 g/mol. The first-order chi connectivity index (χ1) is 13.2. The van der Waals surface area contributed by atoms with Gasteiger partial charge in [0.25, 0.3) is 0 Å². The molecule has 0 spiro atoms. The topological polar surface area (TPSA) is 35.7 Å². The van der Waals surface area contributed by atoms with E-state index < -0.39 is 0 Å². The molecule has 0 saturated carbocycles. The van der Waals surface area contributed by atoms with E-state index in [9.17, 15) is 0 Å². The van der Waals surface area contributed by atoms with Crippen LogP contribution in [0, 0.1) is 0 Å². The number of anilines is 2. The van der Waals surface area contributed by atoms with Crippen LogP contribution in [0.2, 0.25) is 0 Å². The minimum atomic E-state index is 0.867. The summed E-state index contributed by atoms with van der Waals surface area (Å²) in [5.41, 5.74) is 9.47. The van der Waals surface area contributed by atoms with Crippen molar-refractivity contribution in [3.8, 4) is 0 Å². The summed E-state index contributed by atoms with van der Waals surface area (Å²) in [7, 11) is 0. The molecule has 1 aliphatic heterocycles. The highest BCUT2D eigenvalue weighted by molar-refractivity contribution is 5.46. The highest BCUT2D eigenvalue weighted by Gasteiger charge is 2.17. The molecule has 2 aromatic carbocycles. The zero-order chi connectivity index (χ0) is 18.9. The maximum atomic E-state index is 5.91. The summed E-state index contributed by atoms with van der Waals surface area (Å²) in [4.78, 5) is 7.72. The van der Waals surface area contributed by atoms with E-state index in [1.165, 1.54) is 30.8 Å². The van der Waals surface area contributed by atoms with Gasteiger partial charge in [0.1, 0.15) is 0 Å². The molecule has 4 nitrogen and oxygen atoms in total. The Labute approximate surface area is 164 Å². The van der Waals surface area contributed by atoms with E-state index in [0.29, 0.717) is 0 Å². The van der Waals surface area contributed by atoms with Crippen molar-refractivity contribution < 1.29 is 0 Å². The third-order valence-corrected chi connectivity index (χ3v) is 5.43. The van der Waals surface area contributed by atoms with Crippen molar-refractivity contribution in [1.29, 1.82) is 0 Å². The van der Waals surface area contributed by atoms with Gasteiger partial charge >= 0.3 is 0 Å². The first kappa shape index (κ1) is 19.7. The quantitative estimate of drug-likeness (QED) is 0.691. The third-order valence-electron chi connectivity index (χ3n) is 5.43. The highest BCUT2D eigenvalue weighted by Crippen LogP contribution is 2.15. The molecule has 0 aliphatic carbocycles. The number of nitrogens with two attached hydrogens (primary N) is 1. The molecular formula is C23H34N4. The molecule has 0 radical (unpaired) electrons. The summed E-state index contributed by atoms with van der Waals surface area (Å²) >= 11 is 0. The Morgan fingerprint density at radius 1 is 0.889 bits per heavy atom. The molecule has 1 saturated heterocycles. The van der Waals surface area contributed by atoms with E-state index in [1.54, 1.807) is 0 Å². The minimum absolute atomic E-state index is 0.867. The fraction of sp³-hybridized carbons (Fsp3) is 0.478. The Kier molecular flexibility index (Phi) is 7.55. The van der Waals surface area contributed by atoms with Crippen LogP contribution in [0.25, 0.3) is 0 Å². The summed E-state index contributed by atoms with van der Waals surface area (Å²) in [6.45, 7) is 11.4. The van der Waals surface area contributed by atoms with Gasteiger partial charge < -0.3 is 15.5 Å². The zero-order valence-corrected chi connectivity index (χ0v) is 16.7. The number of piperazine rings is 1. The van der Waals surface area contributed by atoms with Crippen LogP contribution in [0.1, 0.15) is 18.9 Å². The molecule has 27 heavy (non-hydrogen) atoms. The Hall–Kier alpha value is -2.04. The van der Waals surface area contributed by atoms with Crippen molar-refractivity contribution in [2.45, 2.75) is 19.8 Å². The van der Waals surface area contributed by atoms with Crippen molar-refractivity contribution in [3.05, 3.63) is 60.2 Å². The third kappa shape index (κ3) is 6.26. The van der Waals surface area contributed by atoms with Crippen molar-refractivity contribution in [2.75, 3.05) is 63.0 Å². The standard InChI is InChI=1S/C23H34N4/c1-2-12-25(13-11-21-7-6-8-22(24)20-21)14-15-26-16-18-27(19-17-26)23-9-4-3-5-10-23/h3-10,20H,2,11-19,24H2,1H3. The van der Waals surface area contributed by atoms with Gasteiger partial charge in [0.15, 0.2) is 0 Å². The van der Waals surface area contributed by atoms with Gasteiger partial charge in [0.2, 0.25) is 0 Å². The van der Waals surface area contributed by atoms with Gasteiger partial charge in [-0.15, -0.1) is 0 Å². The van der Waals surface area contributed by atoms with Gasteiger partial charge in [-0.25, -0.2) is 0 Å². The molecule has 0 aromatic heterocycles. The first-order valence-electron chi connectivity index (χ1n) is 10.3. The van der Waals surface area contributed by atoms with Gasteiger partial charge in [-0.1, -0.05) is 37.3 Å². The van der Waals surface area contributed by atoms with Crippen molar-refractivity contribution in [1.82, 2.24) is 9.80 Å². The Morgan fingerprint density at radius 2 is 1.67 bits per heavy atom. The monoisotopic (exact) mass is 366 g/mol. The summed E-state index contributed by atoms with van der Waals surface area (Å²) in [6.07, 6.45) is 2.28. The zero-order valence-electron chi connectivity index (χ0n) is 16.7. The normalized spacial score (nSPS) is 15.4. The Bertz CT molecular complexity index is 665. The van der Waals surface area contributed by atoms with Gasteiger partial charge in [-0.05, 0) is 49.2 Å². The number of nitrogen functional groups attached to an aromatic ring is 1. The predicted octanol–water partition coefficient (Wildman–Crippen LogP) is 3.35. The lowest BCUT2D eigenvalue weighted by Gasteiger charge is -2.37. The Balaban J connectivity index is 1.41. The van der Waals surface area contributed by atoms with E-state index in [1.807, 2.05) is 6.07 Å². The molecule has 1 fully saturated rings. The first-order valence-corrected chi connectivity index (χ1v) is 10.3. The number of hydrogen-bond donors (Lipinski definition) is 1. The number of hydrogen-bond acceptors (Lipinski definition) is 4. The predicted molar refractivity (Wildman–Crippen MR) is 116 cm³/mol. The van der Waals surface area contributed by atoms with Crippen LogP contribution in [0.3, 0.4) is 0 Å². The molecule has 2 aromatic rings. The van der Waals surface area contributed by atoms with E-state index >= 15 is 0 Å². The number of rotatable bonds is 9. The minimum Gasteiger partial charge on any atom is -0.399 e. The average Bonchev–Trinajstić information content (AvgIpc) is 2.71. The maximum Gasteiger partial charge on any atom is 0.0367 e.